The highest BCUT2D eigenvalue weighted by Crippen LogP contribution is 2.28. The van der Waals surface area contributed by atoms with Crippen molar-refractivity contribution in [3.63, 3.8) is 0 Å². The van der Waals surface area contributed by atoms with Gasteiger partial charge < -0.3 is 14.7 Å². The highest BCUT2D eigenvalue weighted by atomic mass is 32.1. The molecule has 1 fully saturated rings. The smallest absolute Gasteiger partial charge is 0.345 e. The number of unbranched alkanes of at least 4 members (excludes halogenated alkanes) is 2. The van der Waals surface area contributed by atoms with Gasteiger partial charge in [0.2, 0.25) is 5.91 Å². The van der Waals surface area contributed by atoms with Crippen molar-refractivity contribution in [2.75, 3.05) is 11.5 Å². The maximum atomic E-state index is 12.4. The molecule has 30 heavy (non-hydrogen) atoms. The zero-order valence-corrected chi connectivity index (χ0v) is 18.0. The van der Waals surface area contributed by atoms with Crippen molar-refractivity contribution >= 4 is 34.7 Å². The number of benzene rings is 1. The lowest BCUT2D eigenvalue weighted by molar-refractivity contribution is -0.117. The van der Waals surface area contributed by atoms with Gasteiger partial charge in [-0.1, -0.05) is 19.8 Å². The number of Topliss-reactive ketones (excluding diaryl/α,β-unsaturated/α-hetero) is 1. The van der Waals surface area contributed by atoms with Gasteiger partial charge in [0.05, 0.1) is 19.3 Å². The van der Waals surface area contributed by atoms with Crippen molar-refractivity contribution in [3.05, 3.63) is 51.7 Å². The van der Waals surface area contributed by atoms with Crippen LogP contribution in [0.15, 0.2) is 36.4 Å². The Hall–Kier alpha value is -2.51. The largest absolute Gasteiger partial charge is 0.477 e. The molecule has 0 aliphatic carbocycles. The molecular weight excluding hydrogens is 402 g/mol. The average Bonchev–Trinajstić information content (AvgIpc) is 3.35. The number of anilines is 1. The third-order valence-corrected chi connectivity index (χ3v) is 6.27. The van der Waals surface area contributed by atoms with Crippen molar-refractivity contribution in [3.8, 4) is 0 Å². The van der Waals surface area contributed by atoms with Crippen LogP contribution in [0.5, 0.6) is 0 Å². The van der Waals surface area contributed by atoms with E-state index in [9.17, 15) is 14.4 Å². The lowest BCUT2D eigenvalue weighted by Gasteiger charge is -2.25. The quantitative estimate of drug-likeness (QED) is 0.405. The van der Waals surface area contributed by atoms with E-state index < -0.39 is 5.97 Å². The van der Waals surface area contributed by atoms with E-state index in [0.717, 1.165) is 29.8 Å². The normalized spacial score (nSPS) is 16.2. The molecule has 1 unspecified atom stereocenters. The molecule has 1 N–H and O–H groups in total. The van der Waals surface area contributed by atoms with Crippen LogP contribution in [0.3, 0.4) is 0 Å². The first-order valence-electron chi connectivity index (χ1n) is 10.3. The van der Waals surface area contributed by atoms with E-state index in [-0.39, 0.29) is 22.6 Å². The summed E-state index contributed by atoms with van der Waals surface area (Å²) in [5.41, 5.74) is 1.46. The molecule has 1 atom stereocenters. The minimum atomic E-state index is -0.939. The first-order chi connectivity index (χ1) is 14.5. The van der Waals surface area contributed by atoms with Crippen molar-refractivity contribution < 1.29 is 24.2 Å². The maximum Gasteiger partial charge on any atom is 0.345 e. The molecule has 0 bridgehead atoms. The SMILES string of the molecule is CCCCCC(=O)c1ccc(N2C(=O)CCC2COCc2ccc(C(=O)O)s2)cc1. The third kappa shape index (κ3) is 5.55. The van der Waals surface area contributed by atoms with Crippen molar-refractivity contribution in [1.82, 2.24) is 0 Å². The van der Waals surface area contributed by atoms with E-state index in [1.807, 2.05) is 12.1 Å². The highest BCUT2D eigenvalue weighted by molar-refractivity contribution is 7.13. The maximum absolute atomic E-state index is 12.4. The number of carboxylic acid groups (broad SMARTS) is 1. The number of carboxylic acids is 1. The number of carbonyl (C=O) groups is 3. The number of ketones is 1. The van der Waals surface area contributed by atoms with Gasteiger partial charge in [0.25, 0.3) is 0 Å². The number of hydrogen-bond donors (Lipinski definition) is 1. The van der Waals surface area contributed by atoms with E-state index in [4.69, 9.17) is 9.84 Å². The van der Waals surface area contributed by atoms with Crippen LogP contribution in [0.2, 0.25) is 0 Å². The fourth-order valence-corrected chi connectivity index (χ4v) is 4.39. The molecule has 1 amide bonds. The van der Waals surface area contributed by atoms with E-state index in [1.165, 1.54) is 11.3 Å². The molecule has 1 saturated heterocycles. The summed E-state index contributed by atoms with van der Waals surface area (Å²) in [4.78, 5) is 38.5. The Labute approximate surface area is 180 Å². The molecule has 1 aromatic carbocycles. The van der Waals surface area contributed by atoms with Crippen LogP contribution in [-0.4, -0.2) is 35.4 Å². The predicted molar refractivity (Wildman–Crippen MR) is 116 cm³/mol. The molecule has 0 saturated carbocycles. The van der Waals surface area contributed by atoms with Crippen LogP contribution < -0.4 is 4.90 Å². The number of nitrogens with zero attached hydrogens (tertiary/aromatic N) is 1. The lowest BCUT2D eigenvalue weighted by Crippen LogP contribution is -2.36. The Morgan fingerprint density at radius 3 is 2.60 bits per heavy atom. The van der Waals surface area contributed by atoms with Crippen LogP contribution >= 0.6 is 11.3 Å². The van der Waals surface area contributed by atoms with Gasteiger partial charge in [0, 0.05) is 29.0 Å². The Morgan fingerprint density at radius 2 is 1.93 bits per heavy atom. The van der Waals surface area contributed by atoms with Crippen molar-refractivity contribution in [1.29, 1.82) is 0 Å². The number of ether oxygens (including phenoxy) is 1. The molecule has 2 aromatic rings. The first kappa shape index (κ1) is 22.2. The van der Waals surface area contributed by atoms with Gasteiger partial charge in [-0.25, -0.2) is 4.79 Å². The van der Waals surface area contributed by atoms with Crippen molar-refractivity contribution in [2.24, 2.45) is 0 Å². The molecule has 1 aliphatic rings. The van der Waals surface area contributed by atoms with E-state index in [0.29, 0.717) is 38.0 Å². The van der Waals surface area contributed by atoms with Crippen LogP contribution in [0.1, 0.15) is 70.4 Å². The van der Waals surface area contributed by atoms with E-state index in [2.05, 4.69) is 6.92 Å². The molecule has 6 nitrogen and oxygen atoms in total. The molecule has 160 valence electrons. The Bertz CT molecular complexity index is 889. The molecule has 0 spiro atoms. The fraction of sp³-hybridized carbons (Fsp3) is 0.435. The minimum Gasteiger partial charge on any atom is -0.477 e. The van der Waals surface area contributed by atoms with E-state index in [1.54, 1.807) is 29.2 Å². The lowest BCUT2D eigenvalue weighted by atomic mass is 10.0. The van der Waals surface area contributed by atoms with Gasteiger partial charge in [0.1, 0.15) is 4.88 Å². The molecule has 1 aromatic heterocycles. The summed E-state index contributed by atoms with van der Waals surface area (Å²) in [6.07, 6.45) is 4.77. The van der Waals surface area contributed by atoms with Gasteiger partial charge in [-0.05, 0) is 49.2 Å². The van der Waals surface area contributed by atoms with Crippen LogP contribution in [0.4, 0.5) is 5.69 Å². The number of hydrogen-bond acceptors (Lipinski definition) is 5. The third-order valence-electron chi connectivity index (χ3n) is 5.23. The zero-order valence-electron chi connectivity index (χ0n) is 17.1. The first-order valence-corrected chi connectivity index (χ1v) is 11.2. The molecular formula is C23H27NO5S. The van der Waals surface area contributed by atoms with Crippen LogP contribution in [-0.2, 0) is 16.1 Å². The molecule has 3 rings (SSSR count). The standard InChI is InChI=1S/C23H27NO5S/c1-2-3-4-5-20(25)16-6-8-17(9-7-16)24-18(10-13-22(24)26)14-29-15-19-11-12-21(30-19)23(27)28/h6-9,11-12,18H,2-5,10,13-15H2,1H3,(H,27,28). The zero-order chi connectivity index (χ0) is 21.5. The van der Waals surface area contributed by atoms with Gasteiger partial charge >= 0.3 is 5.97 Å². The summed E-state index contributed by atoms with van der Waals surface area (Å²) in [6, 6.07) is 10.5. The van der Waals surface area contributed by atoms with E-state index >= 15 is 0 Å². The predicted octanol–water partition coefficient (Wildman–Crippen LogP) is 4.92. The number of carbonyl (C=O) groups excluding carboxylic acids is 2. The molecule has 1 aliphatic heterocycles. The second-order valence-electron chi connectivity index (χ2n) is 7.47. The van der Waals surface area contributed by atoms with Crippen LogP contribution in [0.25, 0.3) is 0 Å². The topological polar surface area (TPSA) is 83.9 Å². The number of aromatic carboxylic acids is 1. The average molecular weight is 430 g/mol. The summed E-state index contributed by atoms with van der Waals surface area (Å²) in [6.45, 7) is 2.81. The summed E-state index contributed by atoms with van der Waals surface area (Å²) in [7, 11) is 0. The van der Waals surface area contributed by atoms with Gasteiger partial charge in [-0.15, -0.1) is 11.3 Å². The van der Waals surface area contributed by atoms with Crippen molar-refractivity contribution in [2.45, 2.75) is 58.1 Å². The Morgan fingerprint density at radius 1 is 1.17 bits per heavy atom. The fourth-order valence-electron chi connectivity index (χ4n) is 3.61. The van der Waals surface area contributed by atoms with Gasteiger partial charge in [0.15, 0.2) is 5.78 Å². The number of amides is 1. The Kier molecular flexibility index (Phi) is 7.76. The second-order valence-corrected chi connectivity index (χ2v) is 8.64. The number of thiophene rings is 1. The summed E-state index contributed by atoms with van der Waals surface area (Å²) < 4.78 is 5.78. The second kappa shape index (κ2) is 10.5. The monoisotopic (exact) mass is 429 g/mol. The molecule has 2 heterocycles. The Balaban J connectivity index is 1.57. The minimum absolute atomic E-state index is 0.0508. The van der Waals surface area contributed by atoms with Gasteiger partial charge in [-0.3, -0.25) is 9.59 Å². The summed E-state index contributed by atoms with van der Waals surface area (Å²) >= 11 is 1.20. The summed E-state index contributed by atoms with van der Waals surface area (Å²) in [5, 5.41) is 9.00. The molecule has 0 radical (unpaired) electrons. The van der Waals surface area contributed by atoms with Gasteiger partial charge in [-0.2, -0.15) is 0 Å². The number of rotatable bonds is 11. The molecule has 7 heteroatoms. The van der Waals surface area contributed by atoms with Crippen LogP contribution in [0, 0.1) is 0 Å². The summed E-state index contributed by atoms with van der Waals surface area (Å²) in [5.74, 6) is -0.750. The highest BCUT2D eigenvalue weighted by Gasteiger charge is 2.32.